The van der Waals surface area contributed by atoms with E-state index in [1.165, 1.54) is 6.20 Å². The van der Waals surface area contributed by atoms with Crippen molar-refractivity contribution < 1.29 is 14.3 Å². The van der Waals surface area contributed by atoms with Crippen LogP contribution in [0, 0.1) is 6.92 Å². The third-order valence-electron chi connectivity index (χ3n) is 4.05. The van der Waals surface area contributed by atoms with Crippen LogP contribution in [-0.2, 0) is 11.3 Å². The summed E-state index contributed by atoms with van der Waals surface area (Å²) in [5.74, 6) is 0.794. The van der Waals surface area contributed by atoms with Gasteiger partial charge in [0.2, 0.25) is 12.7 Å². The number of nitrogens with one attached hydrogen (secondary N) is 1. The SMILES string of the molecule is Cc1ccc(-c2cnn(CC(=O)Nc3ccc4c(c3)OCO4)c(=O)n2)cc1. The number of carbonyl (C=O) groups is 1. The highest BCUT2D eigenvalue weighted by atomic mass is 16.7. The van der Waals surface area contributed by atoms with Crippen molar-refractivity contribution in [2.24, 2.45) is 0 Å². The van der Waals surface area contributed by atoms with Crippen molar-refractivity contribution in [3.8, 4) is 22.8 Å². The number of aromatic nitrogens is 3. The zero-order valence-corrected chi connectivity index (χ0v) is 14.5. The van der Waals surface area contributed by atoms with Gasteiger partial charge in [-0.3, -0.25) is 4.79 Å². The Morgan fingerprint density at radius 3 is 2.70 bits per heavy atom. The number of nitrogens with zero attached hydrogens (tertiary/aromatic N) is 3. The summed E-state index contributed by atoms with van der Waals surface area (Å²) >= 11 is 0. The molecule has 1 aromatic heterocycles. The van der Waals surface area contributed by atoms with Gasteiger partial charge in [0.1, 0.15) is 6.54 Å². The molecule has 0 unspecified atom stereocenters. The molecule has 2 aromatic carbocycles. The molecule has 1 aliphatic rings. The molecule has 136 valence electrons. The molecule has 1 aliphatic heterocycles. The average molecular weight is 364 g/mol. The predicted molar refractivity (Wildman–Crippen MR) is 97.7 cm³/mol. The van der Waals surface area contributed by atoms with Crippen molar-refractivity contribution in [2.45, 2.75) is 13.5 Å². The lowest BCUT2D eigenvalue weighted by Gasteiger charge is -2.08. The highest BCUT2D eigenvalue weighted by molar-refractivity contribution is 5.90. The maximum absolute atomic E-state index is 12.2. The Labute approximate surface area is 154 Å². The predicted octanol–water partition coefficient (Wildman–Crippen LogP) is 1.98. The van der Waals surface area contributed by atoms with Crippen molar-refractivity contribution in [1.82, 2.24) is 14.8 Å². The van der Waals surface area contributed by atoms with Crippen LogP contribution < -0.4 is 20.5 Å². The van der Waals surface area contributed by atoms with Gasteiger partial charge in [-0.25, -0.2) is 9.48 Å². The molecular formula is C19H16N4O4. The number of carbonyl (C=O) groups excluding carboxylic acids is 1. The van der Waals surface area contributed by atoms with Crippen LogP contribution in [0.15, 0.2) is 53.5 Å². The van der Waals surface area contributed by atoms with E-state index in [4.69, 9.17) is 9.47 Å². The van der Waals surface area contributed by atoms with E-state index in [1.807, 2.05) is 31.2 Å². The van der Waals surface area contributed by atoms with Crippen LogP contribution >= 0.6 is 0 Å². The van der Waals surface area contributed by atoms with E-state index in [9.17, 15) is 9.59 Å². The van der Waals surface area contributed by atoms with Crippen molar-refractivity contribution in [3.05, 3.63) is 64.7 Å². The lowest BCUT2D eigenvalue weighted by Crippen LogP contribution is -2.31. The van der Waals surface area contributed by atoms with Gasteiger partial charge in [-0.05, 0) is 19.1 Å². The molecule has 0 aliphatic carbocycles. The second kappa shape index (κ2) is 6.91. The molecule has 4 rings (SSSR count). The van der Waals surface area contributed by atoms with Crippen molar-refractivity contribution in [2.75, 3.05) is 12.1 Å². The Bertz CT molecular complexity index is 1060. The quantitative estimate of drug-likeness (QED) is 0.761. The zero-order valence-electron chi connectivity index (χ0n) is 14.5. The Hall–Kier alpha value is -3.68. The zero-order chi connectivity index (χ0) is 18.8. The standard InChI is InChI=1S/C19H16N4O4/c1-12-2-4-13(5-3-12)15-9-20-23(19(25)22-15)10-18(24)21-14-6-7-16-17(8-14)27-11-26-16/h2-9H,10-11H2,1H3,(H,21,24). The lowest BCUT2D eigenvalue weighted by atomic mass is 10.1. The average Bonchev–Trinajstić information content (AvgIpc) is 3.12. The van der Waals surface area contributed by atoms with E-state index >= 15 is 0 Å². The second-order valence-electron chi connectivity index (χ2n) is 6.06. The smallest absolute Gasteiger partial charge is 0.365 e. The number of amides is 1. The van der Waals surface area contributed by atoms with Crippen molar-refractivity contribution in [3.63, 3.8) is 0 Å². The summed E-state index contributed by atoms with van der Waals surface area (Å²) < 4.78 is 11.5. The summed E-state index contributed by atoms with van der Waals surface area (Å²) in [6.07, 6.45) is 1.47. The Morgan fingerprint density at radius 1 is 1.15 bits per heavy atom. The van der Waals surface area contributed by atoms with Crippen LogP contribution in [0.3, 0.4) is 0 Å². The van der Waals surface area contributed by atoms with Gasteiger partial charge in [-0.2, -0.15) is 10.1 Å². The first-order valence-electron chi connectivity index (χ1n) is 8.29. The van der Waals surface area contributed by atoms with Crippen LogP contribution in [-0.4, -0.2) is 27.5 Å². The van der Waals surface area contributed by atoms with Crippen LogP contribution in [0.2, 0.25) is 0 Å². The number of benzene rings is 2. The molecule has 0 bridgehead atoms. The summed E-state index contributed by atoms with van der Waals surface area (Å²) in [5, 5.41) is 6.75. The molecule has 0 saturated carbocycles. The Balaban J connectivity index is 1.46. The van der Waals surface area contributed by atoms with Crippen LogP contribution in [0.25, 0.3) is 11.3 Å². The number of aryl methyl sites for hydroxylation is 1. The first-order valence-corrected chi connectivity index (χ1v) is 8.29. The topological polar surface area (TPSA) is 95.3 Å². The van der Waals surface area contributed by atoms with Gasteiger partial charge >= 0.3 is 5.69 Å². The minimum absolute atomic E-state index is 0.158. The van der Waals surface area contributed by atoms with Gasteiger partial charge in [-0.15, -0.1) is 0 Å². The summed E-state index contributed by atoms with van der Waals surface area (Å²) in [6, 6.07) is 12.7. The minimum atomic E-state index is -0.589. The number of anilines is 1. The molecule has 0 atom stereocenters. The van der Waals surface area contributed by atoms with Gasteiger partial charge in [0.15, 0.2) is 11.5 Å². The first kappa shape index (κ1) is 16.8. The highest BCUT2D eigenvalue weighted by Crippen LogP contribution is 2.34. The van der Waals surface area contributed by atoms with Gasteiger partial charge in [-0.1, -0.05) is 29.8 Å². The van der Waals surface area contributed by atoms with E-state index < -0.39 is 11.6 Å². The fourth-order valence-electron chi connectivity index (χ4n) is 2.65. The molecular weight excluding hydrogens is 348 g/mol. The Kier molecular flexibility index (Phi) is 4.29. The summed E-state index contributed by atoms with van der Waals surface area (Å²) in [7, 11) is 0. The van der Waals surface area contributed by atoms with E-state index in [0.717, 1.165) is 15.8 Å². The van der Waals surface area contributed by atoms with E-state index in [1.54, 1.807) is 18.2 Å². The maximum Gasteiger partial charge on any atom is 0.365 e. The van der Waals surface area contributed by atoms with E-state index in [-0.39, 0.29) is 13.3 Å². The Morgan fingerprint density at radius 2 is 1.93 bits per heavy atom. The minimum Gasteiger partial charge on any atom is -0.454 e. The summed E-state index contributed by atoms with van der Waals surface area (Å²) in [4.78, 5) is 28.4. The summed E-state index contributed by atoms with van der Waals surface area (Å²) in [6.45, 7) is 1.89. The number of rotatable bonds is 4. The molecule has 1 N–H and O–H groups in total. The highest BCUT2D eigenvalue weighted by Gasteiger charge is 2.15. The normalized spacial score (nSPS) is 12.0. The molecule has 8 nitrogen and oxygen atoms in total. The lowest BCUT2D eigenvalue weighted by molar-refractivity contribution is -0.117. The summed E-state index contributed by atoms with van der Waals surface area (Å²) in [5.41, 5.74) is 2.32. The van der Waals surface area contributed by atoms with E-state index in [0.29, 0.717) is 22.9 Å². The fraction of sp³-hybridized carbons (Fsp3) is 0.158. The molecule has 0 radical (unpaired) electrons. The van der Waals surface area contributed by atoms with Crippen molar-refractivity contribution >= 4 is 11.6 Å². The number of hydrogen-bond donors (Lipinski definition) is 1. The number of fused-ring (bicyclic) bond motifs is 1. The van der Waals surface area contributed by atoms with E-state index in [2.05, 4.69) is 15.4 Å². The molecule has 0 saturated heterocycles. The van der Waals surface area contributed by atoms with Crippen molar-refractivity contribution in [1.29, 1.82) is 0 Å². The first-order chi connectivity index (χ1) is 13.1. The number of ether oxygens (including phenoxy) is 2. The van der Waals surface area contributed by atoms with Crippen LogP contribution in [0.4, 0.5) is 5.69 Å². The van der Waals surface area contributed by atoms with Gasteiger partial charge < -0.3 is 14.8 Å². The molecule has 8 heteroatoms. The third kappa shape index (κ3) is 3.64. The van der Waals surface area contributed by atoms with Gasteiger partial charge in [0, 0.05) is 17.3 Å². The monoisotopic (exact) mass is 364 g/mol. The molecule has 0 fully saturated rings. The maximum atomic E-state index is 12.2. The largest absolute Gasteiger partial charge is 0.454 e. The number of hydrogen-bond acceptors (Lipinski definition) is 6. The van der Waals surface area contributed by atoms with Gasteiger partial charge in [0.25, 0.3) is 0 Å². The molecule has 3 aromatic rings. The second-order valence-corrected chi connectivity index (χ2v) is 6.06. The third-order valence-corrected chi connectivity index (χ3v) is 4.05. The van der Waals surface area contributed by atoms with Crippen LogP contribution in [0.5, 0.6) is 11.5 Å². The fourth-order valence-corrected chi connectivity index (χ4v) is 2.65. The molecule has 0 spiro atoms. The molecule has 27 heavy (non-hydrogen) atoms. The molecule has 2 heterocycles. The van der Waals surface area contributed by atoms with Gasteiger partial charge in [0.05, 0.1) is 11.9 Å². The molecule has 1 amide bonds. The van der Waals surface area contributed by atoms with Crippen LogP contribution in [0.1, 0.15) is 5.56 Å².